The van der Waals surface area contributed by atoms with E-state index in [2.05, 4.69) is 10.5 Å². The van der Waals surface area contributed by atoms with Gasteiger partial charge in [0.15, 0.2) is 5.75 Å². The summed E-state index contributed by atoms with van der Waals surface area (Å²) in [4.78, 5) is 12.1. The molecule has 0 aliphatic heterocycles. The van der Waals surface area contributed by atoms with E-state index in [-0.39, 0.29) is 33.5 Å². The standard InChI is InChI=1S/C22H13Cl3FN3O2/c23-17-4-2-1-3-15(17)12-31-21-18(24)7-14(8-19(21)25)11-28-29-22(30)16-6-5-13(10-27)9-20(16)26/h1-9,11H,12H2,(H,29,30)/b28-11-. The molecular formula is C22H13Cl3FN3O2. The fourth-order valence-corrected chi connectivity index (χ4v) is 3.36. The highest BCUT2D eigenvalue weighted by Gasteiger charge is 2.13. The van der Waals surface area contributed by atoms with Crippen molar-refractivity contribution >= 4 is 46.9 Å². The van der Waals surface area contributed by atoms with Gasteiger partial charge in [0, 0.05) is 10.6 Å². The Morgan fingerprint density at radius 3 is 2.45 bits per heavy atom. The number of nitriles is 1. The van der Waals surface area contributed by atoms with Crippen LogP contribution < -0.4 is 10.2 Å². The third-order valence-electron chi connectivity index (χ3n) is 4.07. The molecule has 0 bridgehead atoms. The molecule has 0 radical (unpaired) electrons. The van der Waals surface area contributed by atoms with Crippen LogP contribution in [0, 0.1) is 17.1 Å². The van der Waals surface area contributed by atoms with Gasteiger partial charge in [-0.05, 0) is 42.0 Å². The van der Waals surface area contributed by atoms with Crippen molar-refractivity contribution in [2.45, 2.75) is 6.61 Å². The molecule has 0 saturated heterocycles. The van der Waals surface area contributed by atoms with E-state index in [4.69, 9.17) is 44.8 Å². The van der Waals surface area contributed by atoms with Gasteiger partial charge in [-0.25, -0.2) is 9.82 Å². The van der Waals surface area contributed by atoms with Gasteiger partial charge < -0.3 is 4.74 Å². The Kier molecular flexibility index (Phi) is 7.48. The topological polar surface area (TPSA) is 74.5 Å². The normalized spacial score (nSPS) is 10.7. The van der Waals surface area contributed by atoms with Gasteiger partial charge >= 0.3 is 0 Å². The molecule has 3 aromatic rings. The lowest BCUT2D eigenvalue weighted by Crippen LogP contribution is -2.19. The Balaban J connectivity index is 1.67. The zero-order valence-electron chi connectivity index (χ0n) is 15.7. The van der Waals surface area contributed by atoms with Crippen molar-refractivity contribution in [3.8, 4) is 11.8 Å². The summed E-state index contributed by atoms with van der Waals surface area (Å²) in [5.74, 6) is -1.31. The highest BCUT2D eigenvalue weighted by Crippen LogP contribution is 2.34. The largest absolute Gasteiger partial charge is 0.486 e. The summed E-state index contributed by atoms with van der Waals surface area (Å²) in [7, 11) is 0. The number of hydrogen-bond donors (Lipinski definition) is 1. The molecule has 0 unspecified atom stereocenters. The van der Waals surface area contributed by atoms with Crippen molar-refractivity contribution in [3.63, 3.8) is 0 Å². The molecule has 9 heteroatoms. The van der Waals surface area contributed by atoms with Crippen molar-refractivity contribution in [2.24, 2.45) is 5.10 Å². The SMILES string of the molecule is N#Cc1ccc(C(=O)N/N=C\c2cc(Cl)c(OCc3ccccc3Cl)c(Cl)c2)c(F)c1. The quantitative estimate of drug-likeness (QED) is 0.350. The summed E-state index contributed by atoms with van der Waals surface area (Å²) in [6.45, 7) is 0.179. The van der Waals surface area contributed by atoms with E-state index in [1.54, 1.807) is 24.3 Å². The lowest BCUT2D eigenvalue weighted by Gasteiger charge is -2.11. The molecule has 31 heavy (non-hydrogen) atoms. The summed E-state index contributed by atoms with van der Waals surface area (Å²) < 4.78 is 19.6. The highest BCUT2D eigenvalue weighted by molar-refractivity contribution is 6.37. The lowest BCUT2D eigenvalue weighted by atomic mass is 10.1. The van der Waals surface area contributed by atoms with E-state index in [9.17, 15) is 9.18 Å². The van der Waals surface area contributed by atoms with Crippen molar-refractivity contribution in [1.82, 2.24) is 5.43 Å². The first kappa shape index (κ1) is 22.6. The number of rotatable bonds is 6. The van der Waals surface area contributed by atoms with Crippen LogP contribution in [0.4, 0.5) is 4.39 Å². The molecule has 0 fully saturated rings. The average Bonchev–Trinajstić information content (AvgIpc) is 2.74. The fraction of sp³-hybridized carbons (Fsp3) is 0.0455. The van der Waals surface area contributed by atoms with Gasteiger partial charge in [-0.2, -0.15) is 10.4 Å². The smallest absolute Gasteiger partial charge is 0.274 e. The van der Waals surface area contributed by atoms with Crippen molar-refractivity contribution in [2.75, 3.05) is 0 Å². The molecule has 1 amide bonds. The first-order chi connectivity index (χ1) is 14.9. The number of ether oxygens (including phenoxy) is 1. The van der Waals surface area contributed by atoms with Gasteiger partial charge in [-0.3, -0.25) is 4.79 Å². The molecule has 0 heterocycles. The second kappa shape index (κ2) is 10.3. The van der Waals surface area contributed by atoms with Gasteiger partial charge in [0.25, 0.3) is 5.91 Å². The third-order valence-corrected chi connectivity index (χ3v) is 5.00. The number of benzene rings is 3. The van der Waals surface area contributed by atoms with Gasteiger partial charge in [0.1, 0.15) is 12.4 Å². The van der Waals surface area contributed by atoms with E-state index in [0.29, 0.717) is 10.6 Å². The zero-order chi connectivity index (χ0) is 22.4. The average molecular weight is 477 g/mol. The molecule has 0 saturated carbocycles. The van der Waals surface area contributed by atoms with Gasteiger partial charge in [0.05, 0.1) is 33.5 Å². The molecule has 0 spiro atoms. The molecule has 156 valence electrons. The number of amides is 1. The van der Waals surface area contributed by atoms with Crippen LogP contribution in [0.15, 0.2) is 59.7 Å². The Morgan fingerprint density at radius 1 is 1.10 bits per heavy atom. The van der Waals surface area contributed by atoms with E-state index in [0.717, 1.165) is 11.6 Å². The van der Waals surface area contributed by atoms with Crippen LogP contribution in [-0.4, -0.2) is 12.1 Å². The molecular weight excluding hydrogens is 464 g/mol. The van der Waals surface area contributed by atoms with Crippen LogP contribution >= 0.6 is 34.8 Å². The van der Waals surface area contributed by atoms with E-state index < -0.39 is 11.7 Å². The molecule has 3 rings (SSSR count). The molecule has 5 nitrogen and oxygen atoms in total. The van der Waals surface area contributed by atoms with Crippen LogP contribution in [0.5, 0.6) is 5.75 Å². The summed E-state index contributed by atoms with van der Waals surface area (Å²) >= 11 is 18.6. The second-order valence-corrected chi connectivity index (χ2v) is 7.42. The van der Waals surface area contributed by atoms with Crippen molar-refractivity contribution in [1.29, 1.82) is 5.26 Å². The van der Waals surface area contributed by atoms with E-state index >= 15 is 0 Å². The maximum Gasteiger partial charge on any atom is 0.274 e. The van der Waals surface area contributed by atoms with Crippen LogP contribution in [0.3, 0.4) is 0 Å². The maximum absolute atomic E-state index is 13.9. The number of carbonyl (C=O) groups is 1. The molecule has 0 aliphatic carbocycles. The van der Waals surface area contributed by atoms with Gasteiger partial charge in [-0.1, -0.05) is 53.0 Å². The molecule has 0 aromatic heterocycles. The molecule has 1 N–H and O–H groups in total. The van der Waals surface area contributed by atoms with Crippen LogP contribution in [0.2, 0.25) is 15.1 Å². The molecule has 0 aliphatic rings. The summed E-state index contributed by atoms with van der Waals surface area (Å²) in [6.07, 6.45) is 1.30. The second-order valence-electron chi connectivity index (χ2n) is 6.20. The predicted octanol–water partition coefficient (Wildman–Crippen LogP) is 6.00. The van der Waals surface area contributed by atoms with Gasteiger partial charge in [0.2, 0.25) is 0 Å². The number of hydrazone groups is 1. The maximum atomic E-state index is 13.9. The van der Waals surface area contributed by atoms with E-state index in [1.807, 2.05) is 18.2 Å². The predicted molar refractivity (Wildman–Crippen MR) is 118 cm³/mol. The first-order valence-electron chi connectivity index (χ1n) is 8.77. The number of nitrogens with zero attached hydrogens (tertiary/aromatic N) is 2. The zero-order valence-corrected chi connectivity index (χ0v) is 18.0. The highest BCUT2D eigenvalue weighted by atomic mass is 35.5. The Bertz CT molecular complexity index is 1190. The van der Waals surface area contributed by atoms with Crippen molar-refractivity contribution in [3.05, 3.63) is 97.7 Å². The Morgan fingerprint density at radius 2 is 1.81 bits per heavy atom. The Labute approximate surface area is 192 Å². The number of nitrogens with one attached hydrogen (secondary N) is 1. The number of hydrogen-bond acceptors (Lipinski definition) is 4. The monoisotopic (exact) mass is 475 g/mol. The van der Waals surface area contributed by atoms with Crippen LogP contribution in [-0.2, 0) is 6.61 Å². The minimum Gasteiger partial charge on any atom is -0.486 e. The van der Waals surface area contributed by atoms with Crippen molar-refractivity contribution < 1.29 is 13.9 Å². The number of halogens is 4. The fourth-order valence-electron chi connectivity index (χ4n) is 2.55. The summed E-state index contributed by atoms with van der Waals surface area (Å²) in [5, 5.41) is 13.6. The molecule has 0 atom stereocenters. The minimum absolute atomic E-state index is 0.110. The third kappa shape index (κ3) is 5.74. The lowest BCUT2D eigenvalue weighted by molar-refractivity contribution is 0.0951. The summed E-state index contributed by atoms with van der Waals surface area (Å²) in [5.41, 5.74) is 3.34. The van der Waals surface area contributed by atoms with Crippen LogP contribution in [0.25, 0.3) is 0 Å². The summed E-state index contributed by atoms with van der Waals surface area (Å²) in [6, 6.07) is 15.6. The van der Waals surface area contributed by atoms with E-state index in [1.165, 1.54) is 18.3 Å². The first-order valence-corrected chi connectivity index (χ1v) is 9.90. The van der Waals surface area contributed by atoms with Gasteiger partial charge in [-0.15, -0.1) is 0 Å². The minimum atomic E-state index is -0.821. The Hall–Kier alpha value is -3.11. The number of carbonyl (C=O) groups excluding carboxylic acids is 1. The van der Waals surface area contributed by atoms with Crippen LogP contribution in [0.1, 0.15) is 27.0 Å². The molecule has 3 aromatic carbocycles.